The van der Waals surface area contributed by atoms with E-state index in [1.54, 1.807) is 0 Å². The lowest BCUT2D eigenvalue weighted by Crippen LogP contribution is -2.40. The minimum atomic E-state index is 0.812. The zero-order valence-corrected chi connectivity index (χ0v) is 15.9. The van der Waals surface area contributed by atoms with Crippen molar-refractivity contribution in [2.24, 2.45) is 10.9 Å². The van der Waals surface area contributed by atoms with Gasteiger partial charge in [0.15, 0.2) is 5.96 Å². The van der Waals surface area contributed by atoms with Crippen LogP contribution in [0.5, 0.6) is 0 Å². The summed E-state index contributed by atoms with van der Waals surface area (Å²) in [6.45, 7) is 4.89. The van der Waals surface area contributed by atoms with Gasteiger partial charge in [-0.2, -0.15) is 0 Å². The van der Waals surface area contributed by atoms with Crippen LogP contribution in [0.1, 0.15) is 57.8 Å². The molecule has 5 heteroatoms. The van der Waals surface area contributed by atoms with E-state index in [0.29, 0.717) is 0 Å². The average Bonchev–Trinajstić information content (AvgIpc) is 3.44. The fourth-order valence-electron chi connectivity index (χ4n) is 3.38. The summed E-state index contributed by atoms with van der Waals surface area (Å²) in [7, 11) is 4.12. The first-order valence-corrected chi connectivity index (χ1v) is 10.0. The lowest BCUT2D eigenvalue weighted by Gasteiger charge is -2.31. The van der Waals surface area contributed by atoms with E-state index >= 15 is 0 Å². The first-order chi connectivity index (χ1) is 11.8. The Morgan fingerprint density at radius 3 is 2.42 bits per heavy atom. The molecule has 140 valence electrons. The van der Waals surface area contributed by atoms with Gasteiger partial charge in [0, 0.05) is 39.4 Å². The highest BCUT2D eigenvalue weighted by molar-refractivity contribution is 5.79. The van der Waals surface area contributed by atoms with Gasteiger partial charge in [0.2, 0.25) is 0 Å². The molecule has 2 N–H and O–H groups in total. The summed E-state index contributed by atoms with van der Waals surface area (Å²) in [6, 6.07) is 0.812. The maximum absolute atomic E-state index is 5.65. The standard InChI is InChI=1S/C19H38N4O/c1-20-19(22-13-7-15-24-16-17-10-11-17)21-12-6-14-23(2)18-8-4-3-5-9-18/h17-18H,3-16H2,1-2H3,(H2,20,21,22). The molecule has 0 unspecified atom stereocenters. The molecule has 5 nitrogen and oxygen atoms in total. The molecule has 2 saturated carbocycles. The molecule has 0 amide bonds. The van der Waals surface area contributed by atoms with Gasteiger partial charge in [-0.1, -0.05) is 19.3 Å². The lowest BCUT2D eigenvalue weighted by atomic mass is 9.94. The van der Waals surface area contributed by atoms with E-state index in [1.807, 2.05) is 7.05 Å². The molecule has 0 heterocycles. The Labute approximate surface area is 148 Å². The van der Waals surface area contributed by atoms with Crippen LogP contribution in [0, 0.1) is 5.92 Å². The van der Waals surface area contributed by atoms with E-state index in [2.05, 4.69) is 27.6 Å². The molecular weight excluding hydrogens is 300 g/mol. The summed E-state index contributed by atoms with van der Waals surface area (Å²) in [4.78, 5) is 6.84. The predicted octanol–water partition coefficient (Wildman–Crippen LogP) is 2.62. The number of hydrogen-bond donors (Lipinski definition) is 2. The van der Waals surface area contributed by atoms with E-state index in [9.17, 15) is 0 Å². The van der Waals surface area contributed by atoms with Crippen molar-refractivity contribution in [2.45, 2.75) is 63.8 Å². The Morgan fingerprint density at radius 1 is 1.04 bits per heavy atom. The van der Waals surface area contributed by atoms with Gasteiger partial charge in [0.25, 0.3) is 0 Å². The number of ether oxygens (including phenoxy) is 1. The third-order valence-corrected chi connectivity index (χ3v) is 5.21. The molecule has 2 aliphatic carbocycles. The Balaban J connectivity index is 1.43. The SMILES string of the molecule is CN=C(NCCCOCC1CC1)NCCCN(C)C1CCCCC1. The molecule has 0 aromatic heterocycles. The molecule has 0 spiro atoms. The Hall–Kier alpha value is -0.810. The van der Waals surface area contributed by atoms with Crippen LogP contribution in [0.25, 0.3) is 0 Å². The second kappa shape index (κ2) is 11.7. The van der Waals surface area contributed by atoms with Gasteiger partial charge < -0.3 is 20.3 Å². The van der Waals surface area contributed by atoms with Crippen molar-refractivity contribution in [3.05, 3.63) is 0 Å². The van der Waals surface area contributed by atoms with Crippen molar-refractivity contribution >= 4 is 5.96 Å². The molecule has 0 saturated heterocycles. The highest BCUT2D eigenvalue weighted by Crippen LogP contribution is 2.28. The van der Waals surface area contributed by atoms with Crippen LogP contribution in [0.15, 0.2) is 4.99 Å². The van der Waals surface area contributed by atoms with Crippen LogP contribution in [0.3, 0.4) is 0 Å². The summed E-state index contributed by atoms with van der Waals surface area (Å²) in [5.74, 6) is 1.77. The van der Waals surface area contributed by atoms with E-state index in [0.717, 1.165) is 57.1 Å². The van der Waals surface area contributed by atoms with E-state index in [-0.39, 0.29) is 0 Å². The van der Waals surface area contributed by atoms with Gasteiger partial charge in [0.1, 0.15) is 0 Å². The van der Waals surface area contributed by atoms with Gasteiger partial charge in [0.05, 0.1) is 0 Å². The van der Waals surface area contributed by atoms with Crippen LogP contribution in [0.2, 0.25) is 0 Å². The number of nitrogens with one attached hydrogen (secondary N) is 2. The molecule has 2 aliphatic rings. The highest BCUT2D eigenvalue weighted by atomic mass is 16.5. The number of rotatable bonds is 11. The molecule has 0 atom stereocenters. The van der Waals surface area contributed by atoms with Gasteiger partial charge in [-0.25, -0.2) is 0 Å². The summed E-state index contributed by atoms with van der Waals surface area (Å²) in [6.07, 6.45) is 12.0. The summed E-state index contributed by atoms with van der Waals surface area (Å²) in [5.41, 5.74) is 0. The second-order valence-corrected chi connectivity index (χ2v) is 7.42. The topological polar surface area (TPSA) is 48.9 Å². The average molecular weight is 339 g/mol. The van der Waals surface area contributed by atoms with Crippen molar-refractivity contribution < 1.29 is 4.74 Å². The van der Waals surface area contributed by atoms with Gasteiger partial charge in [-0.3, -0.25) is 4.99 Å². The molecule has 0 radical (unpaired) electrons. The molecule has 24 heavy (non-hydrogen) atoms. The fourth-order valence-corrected chi connectivity index (χ4v) is 3.38. The number of nitrogens with zero attached hydrogens (tertiary/aromatic N) is 2. The Bertz CT molecular complexity index is 351. The van der Waals surface area contributed by atoms with Crippen molar-refractivity contribution in [2.75, 3.05) is 46.9 Å². The third kappa shape index (κ3) is 8.34. The summed E-state index contributed by atoms with van der Waals surface area (Å²) in [5, 5.41) is 6.79. The molecule has 0 aromatic carbocycles. The van der Waals surface area contributed by atoms with Crippen LogP contribution < -0.4 is 10.6 Å². The first kappa shape index (κ1) is 19.5. The van der Waals surface area contributed by atoms with Gasteiger partial charge >= 0.3 is 0 Å². The third-order valence-electron chi connectivity index (χ3n) is 5.21. The minimum absolute atomic E-state index is 0.812. The van der Waals surface area contributed by atoms with Gasteiger partial charge in [-0.05, 0) is 58.0 Å². The van der Waals surface area contributed by atoms with Crippen LogP contribution >= 0.6 is 0 Å². The number of aliphatic imine (C=N–C) groups is 1. The van der Waals surface area contributed by atoms with Crippen molar-refractivity contribution in [1.29, 1.82) is 0 Å². The molecule has 0 aliphatic heterocycles. The maximum Gasteiger partial charge on any atom is 0.190 e. The van der Waals surface area contributed by atoms with Crippen molar-refractivity contribution in [1.82, 2.24) is 15.5 Å². The van der Waals surface area contributed by atoms with Crippen LogP contribution in [-0.2, 0) is 4.74 Å². The second-order valence-electron chi connectivity index (χ2n) is 7.42. The zero-order chi connectivity index (χ0) is 17.0. The number of guanidine groups is 1. The summed E-state index contributed by atoms with van der Waals surface area (Å²) >= 11 is 0. The Kier molecular flexibility index (Phi) is 9.51. The van der Waals surface area contributed by atoms with Crippen LogP contribution in [-0.4, -0.2) is 63.8 Å². The minimum Gasteiger partial charge on any atom is -0.381 e. The molecule has 2 fully saturated rings. The highest BCUT2D eigenvalue weighted by Gasteiger charge is 2.20. The normalized spacial score (nSPS) is 19.7. The lowest BCUT2D eigenvalue weighted by molar-refractivity contribution is 0.123. The molecule has 2 rings (SSSR count). The van der Waals surface area contributed by atoms with E-state index in [1.165, 1.54) is 51.5 Å². The summed E-state index contributed by atoms with van der Waals surface area (Å²) < 4.78 is 5.65. The zero-order valence-electron chi connectivity index (χ0n) is 15.9. The fraction of sp³-hybridized carbons (Fsp3) is 0.947. The maximum atomic E-state index is 5.65. The van der Waals surface area contributed by atoms with E-state index < -0.39 is 0 Å². The van der Waals surface area contributed by atoms with Gasteiger partial charge in [-0.15, -0.1) is 0 Å². The molecular formula is C19H38N4O. The predicted molar refractivity (Wildman–Crippen MR) is 102 cm³/mol. The van der Waals surface area contributed by atoms with Crippen molar-refractivity contribution in [3.8, 4) is 0 Å². The largest absolute Gasteiger partial charge is 0.381 e. The van der Waals surface area contributed by atoms with Crippen LogP contribution in [0.4, 0.5) is 0 Å². The molecule has 0 aromatic rings. The first-order valence-electron chi connectivity index (χ1n) is 10.0. The quantitative estimate of drug-likeness (QED) is 0.345. The monoisotopic (exact) mass is 338 g/mol. The Morgan fingerprint density at radius 2 is 1.75 bits per heavy atom. The van der Waals surface area contributed by atoms with E-state index in [4.69, 9.17) is 4.74 Å². The smallest absolute Gasteiger partial charge is 0.190 e. The number of hydrogen-bond acceptors (Lipinski definition) is 3. The molecule has 0 bridgehead atoms. The van der Waals surface area contributed by atoms with Crippen molar-refractivity contribution in [3.63, 3.8) is 0 Å².